The van der Waals surface area contributed by atoms with E-state index in [9.17, 15) is 23.1 Å². The maximum Gasteiger partial charge on any atom is 0.356 e. The average Bonchev–Trinajstić information content (AvgIpc) is 3.56. The van der Waals surface area contributed by atoms with Gasteiger partial charge in [0.25, 0.3) is 0 Å². The van der Waals surface area contributed by atoms with Crippen molar-refractivity contribution < 1.29 is 37.3 Å². The number of amides is 1. The molecule has 12 nitrogen and oxygen atoms in total. The first-order valence-electron chi connectivity index (χ1n) is 14.1. The smallest absolute Gasteiger partial charge is 0.356 e. The molecule has 3 aromatic carbocycles. The van der Waals surface area contributed by atoms with Gasteiger partial charge in [-0.3, -0.25) is 4.79 Å². The number of nitrogens with zero attached hydrogens (tertiary/aromatic N) is 2. The molecule has 4 aromatic rings. The minimum Gasteiger partial charge on any atom is -0.476 e. The van der Waals surface area contributed by atoms with Crippen molar-refractivity contribution in [3.63, 3.8) is 0 Å². The van der Waals surface area contributed by atoms with Crippen molar-refractivity contribution in [3.8, 4) is 28.8 Å². The largest absolute Gasteiger partial charge is 0.476 e. The summed E-state index contributed by atoms with van der Waals surface area (Å²) < 4.78 is 48.5. The molecule has 0 saturated carbocycles. The fourth-order valence-electron chi connectivity index (χ4n) is 4.64. The highest BCUT2D eigenvalue weighted by atomic mass is 32.2. The topological polar surface area (TPSA) is 158 Å². The van der Waals surface area contributed by atoms with Crippen LogP contribution in [0.1, 0.15) is 54.4 Å². The van der Waals surface area contributed by atoms with Crippen molar-refractivity contribution in [1.82, 2.24) is 14.5 Å². The molecule has 45 heavy (non-hydrogen) atoms. The standard InChI is InChI=1S/C32H34N4O8S/c1-19-6-10-23(11-7-19)36-30(20(2)29(35-36)31(38)39)44-25-13-9-22(34-28(37)16-32(3,4)5)15-27(25)45(40,41)33-17-21-8-12-24-26(14-21)43-18-42-24/h6-15,33H,16-18H2,1-5H3,(H,34,37)(H,38,39). The molecular formula is C32H34N4O8S. The van der Waals surface area contributed by atoms with Crippen molar-refractivity contribution in [2.75, 3.05) is 12.1 Å². The molecule has 0 aliphatic carbocycles. The maximum absolute atomic E-state index is 13.8. The number of benzene rings is 3. The molecule has 3 N–H and O–H groups in total. The summed E-state index contributed by atoms with van der Waals surface area (Å²) in [4.78, 5) is 24.4. The molecule has 1 aliphatic heterocycles. The zero-order valence-corrected chi connectivity index (χ0v) is 26.3. The first-order valence-corrected chi connectivity index (χ1v) is 15.6. The van der Waals surface area contributed by atoms with Crippen LogP contribution in [0.5, 0.6) is 23.1 Å². The second-order valence-electron chi connectivity index (χ2n) is 11.9. The summed E-state index contributed by atoms with van der Waals surface area (Å²) in [5.74, 6) is -0.556. The van der Waals surface area contributed by atoms with Crippen molar-refractivity contribution in [2.24, 2.45) is 5.41 Å². The van der Waals surface area contributed by atoms with E-state index >= 15 is 0 Å². The highest BCUT2D eigenvalue weighted by Gasteiger charge is 2.27. The van der Waals surface area contributed by atoms with E-state index in [0.29, 0.717) is 22.7 Å². The first-order chi connectivity index (χ1) is 21.2. The molecule has 0 saturated heterocycles. The minimum atomic E-state index is -4.27. The van der Waals surface area contributed by atoms with Gasteiger partial charge in [-0.1, -0.05) is 44.5 Å². The Labute approximate surface area is 261 Å². The van der Waals surface area contributed by atoms with Gasteiger partial charge in [-0.25, -0.2) is 17.9 Å². The molecule has 1 amide bonds. The van der Waals surface area contributed by atoms with Crippen molar-refractivity contribution in [2.45, 2.75) is 52.5 Å². The van der Waals surface area contributed by atoms with Crippen molar-refractivity contribution in [1.29, 1.82) is 0 Å². The van der Waals surface area contributed by atoms with Crippen LogP contribution in [-0.4, -0.2) is 42.0 Å². The molecular weight excluding hydrogens is 600 g/mol. The van der Waals surface area contributed by atoms with Gasteiger partial charge >= 0.3 is 5.97 Å². The van der Waals surface area contributed by atoms with E-state index in [1.165, 1.54) is 29.8 Å². The lowest BCUT2D eigenvalue weighted by Crippen LogP contribution is -2.24. The second-order valence-corrected chi connectivity index (χ2v) is 13.6. The number of rotatable bonds is 10. The Morgan fingerprint density at radius 1 is 1.00 bits per heavy atom. The van der Waals surface area contributed by atoms with Crippen molar-refractivity contribution >= 4 is 27.6 Å². The highest BCUT2D eigenvalue weighted by Crippen LogP contribution is 2.36. The van der Waals surface area contributed by atoms with Gasteiger partial charge in [-0.2, -0.15) is 9.78 Å². The lowest BCUT2D eigenvalue weighted by atomic mass is 9.92. The Hall–Kier alpha value is -4.88. The number of aryl methyl sites for hydroxylation is 1. The number of hydrogen-bond acceptors (Lipinski definition) is 8. The Balaban J connectivity index is 1.54. The quantitative estimate of drug-likeness (QED) is 0.203. The molecule has 0 spiro atoms. The number of anilines is 1. The summed E-state index contributed by atoms with van der Waals surface area (Å²) in [5.41, 5.74) is 2.03. The minimum absolute atomic E-state index is 0.0213. The van der Waals surface area contributed by atoms with E-state index in [0.717, 1.165) is 5.56 Å². The molecule has 0 atom stereocenters. The number of carbonyl (C=O) groups excluding carboxylic acids is 1. The zero-order valence-electron chi connectivity index (χ0n) is 25.5. The molecule has 13 heteroatoms. The Kier molecular flexibility index (Phi) is 8.59. The predicted molar refractivity (Wildman–Crippen MR) is 166 cm³/mol. The third-order valence-corrected chi connectivity index (χ3v) is 8.29. The summed E-state index contributed by atoms with van der Waals surface area (Å²) in [6.45, 7) is 9.21. The van der Waals surface area contributed by atoms with E-state index in [2.05, 4.69) is 15.1 Å². The third-order valence-electron chi connectivity index (χ3n) is 6.87. The number of ether oxygens (including phenoxy) is 3. The molecule has 0 radical (unpaired) electrons. The van der Waals surface area contributed by atoms with Gasteiger partial charge in [0.15, 0.2) is 17.2 Å². The normalized spacial score (nSPS) is 12.6. The Bertz CT molecular complexity index is 1880. The van der Waals surface area contributed by atoms with Crippen LogP contribution >= 0.6 is 0 Å². The number of carboxylic acid groups (broad SMARTS) is 1. The zero-order chi connectivity index (χ0) is 32.5. The number of carbonyl (C=O) groups is 2. The predicted octanol–water partition coefficient (Wildman–Crippen LogP) is 5.56. The number of aromatic nitrogens is 2. The van der Waals surface area contributed by atoms with E-state index < -0.39 is 16.0 Å². The van der Waals surface area contributed by atoms with Crippen LogP contribution < -0.4 is 24.2 Å². The van der Waals surface area contributed by atoms with Crippen molar-refractivity contribution in [3.05, 3.63) is 83.0 Å². The summed E-state index contributed by atoms with van der Waals surface area (Å²) in [6, 6.07) is 16.5. The van der Waals surface area contributed by atoms with Gasteiger partial charge in [-0.15, -0.1) is 0 Å². The van der Waals surface area contributed by atoms with Gasteiger partial charge in [-0.05, 0) is 67.3 Å². The number of nitrogens with one attached hydrogen (secondary N) is 2. The van der Waals surface area contributed by atoms with Gasteiger partial charge in [0, 0.05) is 24.2 Å². The number of carboxylic acids is 1. The number of hydrogen-bond donors (Lipinski definition) is 3. The molecule has 0 bridgehead atoms. The number of aromatic carboxylic acids is 1. The van der Waals surface area contributed by atoms with Crippen LogP contribution in [0.2, 0.25) is 0 Å². The highest BCUT2D eigenvalue weighted by molar-refractivity contribution is 7.89. The molecule has 1 aromatic heterocycles. The summed E-state index contributed by atoms with van der Waals surface area (Å²) in [5, 5.41) is 16.8. The number of sulfonamides is 1. The maximum atomic E-state index is 13.8. The lowest BCUT2D eigenvalue weighted by Gasteiger charge is -2.18. The average molecular weight is 635 g/mol. The van der Waals surface area contributed by atoms with E-state index in [1.807, 2.05) is 39.8 Å². The fourth-order valence-corrected chi connectivity index (χ4v) is 5.81. The molecule has 0 unspecified atom stereocenters. The van der Waals surface area contributed by atoms with Crippen LogP contribution in [0, 0.1) is 19.3 Å². The molecule has 1 aliphatic rings. The van der Waals surface area contributed by atoms with E-state index in [-0.39, 0.29) is 64.6 Å². The summed E-state index contributed by atoms with van der Waals surface area (Å²) in [6.07, 6.45) is 0.211. The molecule has 2 heterocycles. The third kappa shape index (κ3) is 7.27. The van der Waals surface area contributed by atoms with Crippen LogP contribution in [0.4, 0.5) is 5.69 Å². The van der Waals surface area contributed by atoms with E-state index in [4.69, 9.17) is 14.2 Å². The summed E-state index contributed by atoms with van der Waals surface area (Å²) in [7, 11) is -4.27. The SMILES string of the molecule is Cc1ccc(-n2nc(C(=O)O)c(C)c2Oc2ccc(NC(=O)CC(C)(C)C)cc2S(=O)(=O)NCc2ccc3c(c2)OCO3)cc1. The molecule has 0 fully saturated rings. The van der Waals surface area contributed by atoms with Gasteiger partial charge in [0.2, 0.25) is 28.6 Å². The lowest BCUT2D eigenvalue weighted by molar-refractivity contribution is -0.117. The Morgan fingerprint density at radius 2 is 1.71 bits per heavy atom. The number of fused-ring (bicyclic) bond motifs is 1. The van der Waals surface area contributed by atoms with Gasteiger partial charge in [0.1, 0.15) is 10.6 Å². The fraction of sp³-hybridized carbons (Fsp3) is 0.281. The van der Waals surface area contributed by atoms with E-state index in [1.54, 1.807) is 30.3 Å². The molecule has 236 valence electrons. The van der Waals surface area contributed by atoms with Crippen LogP contribution in [0.15, 0.2) is 65.6 Å². The molecule has 5 rings (SSSR count). The first kappa shape index (κ1) is 31.5. The van der Waals surface area contributed by atoms with Gasteiger partial charge in [0.05, 0.1) is 5.69 Å². The second kappa shape index (κ2) is 12.3. The van der Waals surface area contributed by atoms with Gasteiger partial charge < -0.3 is 24.6 Å². The monoisotopic (exact) mass is 634 g/mol. The van der Waals surface area contributed by atoms with Crippen LogP contribution in [0.3, 0.4) is 0 Å². The van der Waals surface area contributed by atoms with Crippen LogP contribution in [0.25, 0.3) is 5.69 Å². The Morgan fingerprint density at radius 3 is 2.40 bits per heavy atom. The summed E-state index contributed by atoms with van der Waals surface area (Å²) >= 11 is 0. The van der Waals surface area contributed by atoms with Crippen LogP contribution in [-0.2, 0) is 21.4 Å².